The van der Waals surface area contributed by atoms with Gasteiger partial charge < -0.3 is 4.74 Å². The molecular formula is C20H17N3O3S. The van der Waals surface area contributed by atoms with Crippen LogP contribution in [-0.2, 0) is 4.74 Å². The molecule has 0 bridgehead atoms. The zero-order chi connectivity index (χ0) is 19.2. The van der Waals surface area contributed by atoms with E-state index in [2.05, 4.69) is 15.5 Å². The van der Waals surface area contributed by atoms with E-state index in [0.29, 0.717) is 21.7 Å². The summed E-state index contributed by atoms with van der Waals surface area (Å²) in [6.45, 7) is 1.79. The van der Waals surface area contributed by atoms with Gasteiger partial charge in [-0.05, 0) is 13.0 Å². The zero-order valence-corrected chi connectivity index (χ0v) is 15.6. The van der Waals surface area contributed by atoms with Crippen molar-refractivity contribution in [1.82, 2.24) is 10.4 Å². The summed E-state index contributed by atoms with van der Waals surface area (Å²) in [5.74, 6) is -0.812. The number of rotatable bonds is 5. The lowest BCUT2D eigenvalue weighted by atomic mass is 10.1. The molecule has 7 heteroatoms. The van der Waals surface area contributed by atoms with E-state index in [9.17, 15) is 9.59 Å². The number of ether oxygens (including phenoxy) is 1. The molecule has 1 N–H and O–H groups in total. The van der Waals surface area contributed by atoms with E-state index in [1.807, 2.05) is 30.3 Å². The molecule has 0 aliphatic heterocycles. The fraction of sp³-hybridized carbons (Fsp3) is 0.100. The summed E-state index contributed by atoms with van der Waals surface area (Å²) in [4.78, 5) is 29.1. The van der Waals surface area contributed by atoms with Gasteiger partial charge in [-0.15, -0.1) is 11.3 Å². The molecule has 0 saturated carbocycles. The van der Waals surface area contributed by atoms with Crippen LogP contribution in [0.3, 0.4) is 0 Å². The van der Waals surface area contributed by atoms with Crippen molar-refractivity contribution in [2.75, 3.05) is 7.11 Å². The Balaban J connectivity index is 1.75. The van der Waals surface area contributed by atoms with Gasteiger partial charge in [0.15, 0.2) is 0 Å². The Morgan fingerprint density at radius 2 is 1.81 bits per heavy atom. The van der Waals surface area contributed by atoms with Crippen molar-refractivity contribution in [3.05, 3.63) is 76.3 Å². The van der Waals surface area contributed by atoms with Gasteiger partial charge in [0.25, 0.3) is 5.91 Å². The van der Waals surface area contributed by atoms with Crippen LogP contribution in [0.2, 0.25) is 0 Å². The largest absolute Gasteiger partial charge is 0.465 e. The lowest BCUT2D eigenvalue weighted by Crippen LogP contribution is -2.17. The molecule has 0 aliphatic rings. The number of aryl methyl sites for hydroxylation is 1. The SMILES string of the molecule is COC(=O)c1ccccc1/C=N\NC(=O)c1sc(-c2ccccc2)nc1C. The summed E-state index contributed by atoms with van der Waals surface area (Å²) < 4.78 is 4.74. The van der Waals surface area contributed by atoms with Gasteiger partial charge in [0.1, 0.15) is 9.88 Å². The number of carbonyl (C=O) groups is 2. The Morgan fingerprint density at radius 1 is 1.11 bits per heavy atom. The maximum absolute atomic E-state index is 12.4. The van der Waals surface area contributed by atoms with Crippen LogP contribution in [0.1, 0.15) is 31.3 Å². The normalized spacial score (nSPS) is 10.7. The summed E-state index contributed by atoms with van der Waals surface area (Å²) >= 11 is 1.31. The molecule has 0 atom stereocenters. The molecule has 3 aromatic rings. The van der Waals surface area contributed by atoms with E-state index in [1.165, 1.54) is 24.7 Å². The van der Waals surface area contributed by atoms with Crippen molar-refractivity contribution < 1.29 is 14.3 Å². The first-order chi connectivity index (χ1) is 13.1. The van der Waals surface area contributed by atoms with Crippen molar-refractivity contribution in [3.63, 3.8) is 0 Å². The highest BCUT2D eigenvalue weighted by atomic mass is 32.1. The van der Waals surface area contributed by atoms with Gasteiger partial charge in [-0.2, -0.15) is 5.10 Å². The summed E-state index contributed by atoms with van der Waals surface area (Å²) in [7, 11) is 1.31. The Kier molecular flexibility index (Phi) is 5.73. The number of hydrazone groups is 1. The van der Waals surface area contributed by atoms with Crippen molar-refractivity contribution in [2.24, 2.45) is 5.10 Å². The Bertz CT molecular complexity index is 997. The van der Waals surface area contributed by atoms with Crippen LogP contribution in [0.4, 0.5) is 0 Å². The maximum atomic E-state index is 12.4. The van der Waals surface area contributed by atoms with Crippen molar-refractivity contribution in [1.29, 1.82) is 0 Å². The molecule has 0 unspecified atom stereocenters. The molecule has 6 nitrogen and oxygen atoms in total. The molecule has 1 amide bonds. The van der Waals surface area contributed by atoms with Gasteiger partial charge in [0, 0.05) is 11.1 Å². The first kappa shape index (κ1) is 18.5. The van der Waals surface area contributed by atoms with Gasteiger partial charge in [-0.3, -0.25) is 4.79 Å². The predicted octanol–water partition coefficient (Wildman–Crippen LogP) is 3.67. The number of amides is 1. The molecule has 0 radical (unpaired) electrons. The standard InChI is InChI=1S/C20H17N3O3S/c1-13-17(27-19(22-13)14-8-4-3-5-9-14)18(24)23-21-12-15-10-6-7-11-16(15)20(25)26-2/h3-12H,1-2H3,(H,23,24)/b21-12-. The average Bonchev–Trinajstić information content (AvgIpc) is 3.10. The highest BCUT2D eigenvalue weighted by Crippen LogP contribution is 2.27. The first-order valence-corrected chi connectivity index (χ1v) is 8.95. The van der Waals surface area contributed by atoms with Gasteiger partial charge in [0.05, 0.1) is 24.6 Å². The second-order valence-electron chi connectivity index (χ2n) is 5.58. The van der Waals surface area contributed by atoms with E-state index in [0.717, 1.165) is 10.6 Å². The minimum absolute atomic E-state index is 0.348. The summed E-state index contributed by atoms with van der Waals surface area (Å²) in [5, 5.41) is 4.74. The molecule has 2 aromatic carbocycles. The van der Waals surface area contributed by atoms with Crippen molar-refractivity contribution in [2.45, 2.75) is 6.92 Å². The lowest BCUT2D eigenvalue weighted by Gasteiger charge is -2.03. The van der Waals surface area contributed by atoms with Gasteiger partial charge >= 0.3 is 5.97 Å². The molecule has 1 aromatic heterocycles. The van der Waals surface area contributed by atoms with Crippen molar-refractivity contribution in [3.8, 4) is 10.6 Å². The number of aromatic nitrogens is 1. The molecule has 27 heavy (non-hydrogen) atoms. The third-order valence-corrected chi connectivity index (χ3v) is 4.96. The fourth-order valence-electron chi connectivity index (χ4n) is 2.43. The number of benzene rings is 2. The quantitative estimate of drug-likeness (QED) is 0.417. The third-order valence-electron chi connectivity index (χ3n) is 3.76. The van der Waals surface area contributed by atoms with Crippen LogP contribution in [0.5, 0.6) is 0 Å². The smallest absolute Gasteiger partial charge is 0.338 e. The minimum Gasteiger partial charge on any atom is -0.465 e. The van der Waals surface area contributed by atoms with E-state index in [-0.39, 0.29) is 5.91 Å². The van der Waals surface area contributed by atoms with Crippen molar-refractivity contribution >= 4 is 29.4 Å². The number of carbonyl (C=O) groups excluding carboxylic acids is 2. The molecule has 136 valence electrons. The summed E-state index contributed by atoms with van der Waals surface area (Å²) in [5.41, 5.74) is 5.01. The van der Waals surface area contributed by atoms with Gasteiger partial charge in [0.2, 0.25) is 0 Å². The van der Waals surface area contributed by atoms with E-state index < -0.39 is 5.97 Å². The number of thiazole rings is 1. The monoisotopic (exact) mass is 379 g/mol. The van der Waals surface area contributed by atoms with Crippen LogP contribution < -0.4 is 5.43 Å². The number of esters is 1. The molecule has 0 fully saturated rings. The van der Waals surface area contributed by atoms with E-state index >= 15 is 0 Å². The van der Waals surface area contributed by atoms with Crippen LogP contribution in [0.15, 0.2) is 59.7 Å². The number of methoxy groups -OCH3 is 1. The van der Waals surface area contributed by atoms with Gasteiger partial charge in [-0.25, -0.2) is 15.2 Å². The average molecular weight is 379 g/mol. The molecule has 1 heterocycles. The second kappa shape index (κ2) is 8.37. The molecular weight excluding hydrogens is 362 g/mol. The summed E-state index contributed by atoms with van der Waals surface area (Å²) in [6, 6.07) is 16.5. The Labute approximate surface area is 160 Å². The third kappa shape index (κ3) is 4.27. The van der Waals surface area contributed by atoms with E-state index in [1.54, 1.807) is 31.2 Å². The topological polar surface area (TPSA) is 80.6 Å². The zero-order valence-electron chi connectivity index (χ0n) is 14.8. The maximum Gasteiger partial charge on any atom is 0.338 e. The predicted molar refractivity (Wildman–Crippen MR) is 105 cm³/mol. The highest BCUT2D eigenvalue weighted by molar-refractivity contribution is 7.17. The first-order valence-electron chi connectivity index (χ1n) is 8.13. The number of hydrogen-bond donors (Lipinski definition) is 1. The van der Waals surface area contributed by atoms with Crippen LogP contribution in [0, 0.1) is 6.92 Å². The number of nitrogens with one attached hydrogen (secondary N) is 1. The minimum atomic E-state index is -0.464. The fourth-order valence-corrected chi connectivity index (χ4v) is 3.39. The molecule has 0 aliphatic carbocycles. The summed E-state index contributed by atoms with van der Waals surface area (Å²) in [6.07, 6.45) is 1.42. The second-order valence-corrected chi connectivity index (χ2v) is 6.58. The molecule has 0 saturated heterocycles. The highest BCUT2D eigenvalue weighted by Gasteiger charge is 2.16. The lowest BCUT2D eigenvalue weighted by molar-refractivity contribution is 0.0600. The van der Waals surface area contributed by atoms with Crippen LogP contribution in [-0.4, -0.2) is 30.2 Å². The van der Waals surface area contributed by atoms with Crippen LogP contribution in [0.25, 0.3) is 10.6 Å². The Hall–Kier alpha value is -3.32. The van der Waals surface area contributed by atoms with Crippen LogP contribution >= 0.6 is 11.3 Å². The Morgan fingerprint density at radius 3 is 2.56 bits per heavy atom. The molecule has 3 rings (SSSR count). The van der Waals surface area contributed by atoms with E-state index in [4.69, 9.17) is 4.74 Å². The molecule has 0 spiro atoms. The van der Waals surface area contributed by atoms with Gasteiger partial charge in [-0.1, -0.05) is 48.5 Å². The number of nitrogens with zero attached hydrogens (tertiary/aromatic N) is 2. The number of hydrogen-bond acceptors (Lipinski definition) is 6.